The summed E-state index contributed by atoms with van der Waals surface area (Å²) < 4.78 is -0.291. The summed E-state index contributed by atoms with van der Waals surface area (Å²) >= 11 is 1.63. The van der Waals surface area contributed by atoms with Gasteiger partial charge in [0.05, 0.1) is 5.04 Å². The minimum atomic E-state index is -0.291. The van der Waals surface area contributed by atoms with Crippen molar-refractivity contribution in [1.29, 1.82) is 0 Å². The lowest BCUT2D eigenvalue weighted by Crippen LogP contribution is -2.35. The Hall–Kier alpha value is -0.510. The van der Waals surface area contributed by atoms with E-state index in [1.54, 1.807) is 11.8 Å². The number of hydrogen-bond donors (Lipinski definition) is 1. The third-order valence-electron chi connectivity index (χ3n) is 3.61. The molecule has 1 fully saturated rings. The van der Waals surface area contributed by atoms with E-state index in [1.807, 2.05) is 0 Å². The van der Waals surface area contributed by atoms with Crippen LogP contribution in [0.1, 0.15) is 27.2 Å². The second-order valence-electron chi connectivity index (χ2n) is 4.97. The van der Waals surface area contributed by atoms with Crippen molar-refractivity contribution in [2.75, 3.05) is 6.54 Å². The van der Waals surface area contributed by atoms with Crippen molar-refractivity contribution in [1.82, 2.24) is 0 Å². The van der Waals surface area contributed by atoms with Gasteiger partial charge in [0.25, 0.3) is 0 Å². The van der Waals surface area contributed by atoms with E-state index in [-0.39, 0.29) is 10.7 Å². The monoisotopic (exact) mass is 226 g/mol. The van der Waals surface area contributed by atoms with Gasteiger partial charge in [0.15, 0.2) is 0 Å². The summed E-state index contributed by atoms with van der Waals surface area (Å²) in [5.74, 6) is 1.26. The molecule has 2 unspecified atom stereocenters. The number of fused-ring (bicyclic) bond motifs is 1. The molecule has 0 aromatic carbocycles. The number of carbonyl (C=O) groups excluding carboxylic acids is 1. The number of nitrogens with zero attached hydrogens (tertiary/aromatic N) is 1. The summed E-state index contributed by atoms with van der Waals surface area (Å²) in [6, 6.07) is 0. The van der Waals surface area contributed by atoms with Gasteiger partial charge in [-0.3, -0.25) is 9.79 Å². The van der Waals surface area contributed by atoms with Crippen molar-refractivity contribution in [3.05, 3.63) is 0 Å². The van der Waals surface area contributed by atoms with Gasteiger partial charge in [-0.05, 0) is 12.3 Å². The number of hydrogen-bond acceptors (Lipinski definition) is 3. The summed E-state index contributed by atoms with van der Waals surface area (Å²) in [5.41, 5.74) is 5.47. The van der Waals surface area contributed by atoms with E-state index in [9.17, 15) is 4.79 Å². The SMILES string of the molecule is CC(C)[C@H](C)C1=NCC2CC2(C(N)=O)S1. The Kier molecular flexibility index (Phi) is 2.57. The summed E-state index contributed by atoms with van der Waals surface area (Å²) in [6.45, 7) is 7.34. The van der Waals surface area contributed by atoms with Crippen LogP contribution in [0.3, 0.4) is 0 Å². The lowest BCUT2D eigenvalue weighted by molar-refractivity contribution is -0.118. The van der Waals surface area contributed by atoms with Gasteiger partial charge in [0, 0.05) is 18.4 Å². The molecule has 2 aliphatic rings. The summed E-state index contributed by atoms with van der Waals surface area (Å²) in [6.07, 6.45) is 0.921. The van der Waals surface area contributed by atoms with E-state index in [2.05, 4.69) is 25.8 Å². The highest BCUT2D eigenvalue weighted by molar-refractivity contribution is 8.16. The highest BCUT2D eigenvalue weighted by Gasteiger charge is 2.62. The van der Waals surface area contributed by atoms with Gasteiger partial charge in [-0.25, -0.2) is 0 Å². The first-order valence-corrected chi connectivity index (χ1v) is 6.32. The third-order valence-corrected chi connectivity index (χ3v) is 5.39. The Balaban J connectivity index is 2.12. The van der Waals surface area contributed by atoms with Crippen molar-refractivity contribution in [3.8, 4) is 0 Å². The van der Waals surface area contributed by atoms with Crippen molar-refractivity contribution in [2.45, 2.75) is 31.9 Å². The standard InChI is InChI=1S/C11H18N2OS/c1-6(2)7(3)9-13-5-8-4-11(8,15-9)10(12)14/h6-8H,4-5H2,1-3H3,(H2,12,14)/t7-,8?,11?/m0/s1. The first kappa shape index (κ1) is 11.0. The van der Waals surface area contributed by atoms with Crippen LogP contribution in [0.25, 0.3) is 0 Å². The molecule has 3 atom stereocenters. The average Bonchev–Trinajstić information content (AvgIpc) is 2.90. The van der Waals surface area contributed by atoms with Gasteiger partial charge in [0.1, 0.15) is 4.75 Å². The number of carbonyl (C=O) groups is 1. The van der Waals surface area contributed by atoms with E-state index in [0.717, 1.165) is 18.0 Å². The van der Waals surface area contributed by atoms with E-state index >= 15 is 0 Å². The zero-order valence-electron chi connectivity index (χ0n) is 9.49. The normalized spacial score (nSPS) is 35.7. The van der Waals surface area contributed by atoms with Crippen LogP contribution in [0.4, 0.5) is 0 Å². The van der Waals surface area contributed by atoms with Crippen molar-refractivity contribution in [3.63, 3.8) is 0 Å². The number of aliphatic imine (C=N–C) groups is 1. The van der Waals surface area contributed by atoms with Gasteiger partial charge in [-0.1, -0.05) is 32.5 Å². The predicted octanol–water partition coefficient (Wildman–Crippen LogP) is 1.67. The van der Waals surface area contributed by atoms with Gasteiger partial charge in [0.2, 0.25) is 5.91 Å². The topological polar surface area (TPSA) is 55.4 Å². The van der Waals surface area contributed by atoms with Crippen LogP contribution in [0, 0.1) is 17.8 Å². The Morgan fingerprint density at radius 3 is 2.80 bits per heavy atom. The maximum Gasteiger partial charge on any atom is 0.234 e. The lowest BCUT2D eigenvalue weighted by Gasteiger charge is -2.24. The maximum atomic E-state index is 11.4. The number of primary amides is 1. The molecule has 1 aliphatic carbocycles. The molecule has 15 heavy (non-hydrogen) atoms. The highest BCUT2D eigenvalue weighted by Crippen LogP contribution is 2.57. The quantitative estimate of drug-likeness (QED) is 0.796. The Bertz CT molecular complexity index is 327. The molecule has 1 heterocycles. The van der Waals surface area contributed by atoms with Gasteiger partial charge in [-0.2, -0.15) is 0 Å². The maximum absolute atomic E-state index is 11.4. The summed E-state index contributed by atoms with van der Waals surface area (Å²) in [5, 5.41) is 1.12. The zero-order valence-corrected chi connectivity index (χ0v) is 10.3. The molecule has 0 saturated heterocycles. The second-order valence-corrected chi connectivity index (χ2v) is 6.32. The molecule has 0 aromatic heterocycles. The number of rotatable bonds is 3. The smallest absolute Gasteiger partial charge is 0.234 e. The van der Waals surface area contributed by atoms with Crippen molar-refractivity contribution >= 4 is 22.7 Å². The Labute approximate surface area is 94.9 Å². The minimum Gasteiger partial charge on any atom is -0.368 e. The molecule has 2 N–H and O–H groups in total. The minimum absolute atomic E-state index is 0.152. The first-order chi connectivity index (χ1) is 6.97. The Morgan fingerprint density at radius 2 is 2.27 bits per heavy atom. The number of nitrogens with two attached hydrogens (primary N) is 1. The fourth-order valence-electron chi connectivity index (χ4n) is 1.94. The lowest BCUT2D eigenvalue weighted by atomic mass is 9.99. The molecule has 3 nitrogen and oxygen atoms in total. The molecule has 1 saturated carbocycles. The molecule has 0 aromatic rings. The van der Waals surface area contributed by atoms with Crippen LogP contribution in [0.15, 0.2) is 4.99 Å². The van der Waals surface area contributed by atoms with Gasteiger partial charge < -0.3 is 5.73 Å². The number of amides is 1. The predicted molar refractivity (Wildman–Crippen MR) is 63.9 cm³/mol. The van der Waals surface area contributed by atoms with Crippen molar-refractivity contribution in [2.24, 2.45) is 28.5 Å². The average molecular weight is 226 g/mol. The van der Waals surface area contributed by atoms with Crippen LogP contribution in [0.5, 0.6) is 0 Å². The second kappa shape index (κ2) is 3.51. The molecular formula is C11H18N2OS. The zero-order chi connectivity index (χ0) is 11.2. The van der Waals surface area contributed by atoms with Crippen LogP contribution in [-0.4, -0.2) is 22.2 Å². The molecule has 1 amide bonds. The molecule has 84 valence electrons. The number of thioether (sulfide) groups is 1. The highest BCUT2D eigenvalue weighted by atomic mass is 32.2. The van der Waals surface area contributed by atoms with E-state index in [0.29, 0.717) is 17.8 Å². The summed E-state index contributed by atoms with van der Waals surface area (Å²) in [7, 11) is 0. The van der Waals surface area contributed by atoms with E-state index in [1.165, 1.54) is 0 Å². The largest absolute Gasteiger partial charge is 0.368 e. The molecule has 0 spiro atoms. The van der Waals surface area contributed by atoms with Crippen LogP contribution in [0.2, 0.25) is 0 Å². The molecule has 0 radical (unpaired) electrons. The Morgan fingerprint density at radius 1 is 1.60 bits per heavy atom. The van der Waals surface area contributed by atoms with Gasteiger partial charge >= 0.3 is 0 Å². The third kappa shape index (κ3) is 1.69. The van der Waals surface area contributed by atoms with Crippen LogP contribution >= 0.6 is 11.8 Å². The van der Waals surface area contributed by atoms with Crippen LogP contribution < -0.4 is 5.73 Å². The fourth-order valence-corrected chi connectivity index (χ4v) is 3.53. The molecular weight excluding hydrogens is 208 g/mol. The molecule has 2 rings (SSSR count). The van der Waals surface area contributed by atoms with E-state index < -0.39 is 0 Å². The summed E-state index contributed by atoms with van der Waals surface area (Å²) in [4.78, 5) is 16.0. The van der Waals surface area contributed by atoms with Crippen LogP contribution in [-0.2, 0) is 4.79 Å². The molecule has 1 aliphatic heterocycles. The van der Waals surface area contributed by atoms with Gasteiger partial charge in [-0.15, -0.1) is 0 Å². The molecule has 4 heteroatoms. The molecule has 0 bridgehead atoms. The van der Waals surface area contributed by atoms with E-state index in [4.69, 9.17) is 5.73 Å². The van der Waals surface area contributed by atoms with Crippen molar-refractivity contribution < 1.29 is 4.79 Å². The fraction of sp³-hybridized carbons (Fsp3) is 0.818. The first-order valence-electron chi connectivity index (χ1n) is 5.50.